The van der Waals surface area contributed by atoms with E-state index < -0.39 is 0 Å². The zero-order chi connectivity index (χ0) is 16.1. The van der Waals surface area contributed by atoms with E-state index in [0.29, 0.717) is 24.4 Å². The summed E-state index contributed by atoms with van der Waals surface area (Å²) in [6.07, 6.45) is 0.743. The monoisotopic (exact) mass is 309 g/mol. The van der Waals surface area contributed by atoms with Crippen molar-refractivity contribution in [2.45, 2.75) is 6.42 Å². The van der Waals surface area contributed by atoms with Crippen LogP contribution in [0.2, 0.25) is 0 Å². The molecule has 4 nitrogen and oxygen atoms in total. The quantitative estimate of drug-likeness (QED) is 0.761. The number of carbonyl (C=O) groups excluding carboxylic acids is 1. The molecule has 1 heterocycles. The molecule has 0 saturated heterocycles. The van der Waals surface area contributed by atoms with E-state index in [1.807, 2.05) is 54.6 Å². The molecule has 1 amide bonds. The number of carbonyl (C=O) groups is 1. The van der Waals surface area contributed by atoms with Gasteiger partial charge < -0.3 is 14.4 Å². The molecule has 0 aliphatic carbocycles. The molecule has 4 heteroatoms. The third kappa shape index (κ3) is 3.60. The minimum absolute atomic E-state index is 0.0687. The fourth-order valence-corrected chi connectivity index (χ4v) is 2.59. The van der Waals surface area contributed by atoms with E-state index in [9.17, 15) is 9.90 Å². The SMILES string of the molecule is O=C(c1cc2ccccc2o1)N(CCO)CCc1ccccc1. The summed E-state index contributed by atoms with van der Waals surface area (Å²) in [4.78, 5) is 14.3. The van der Waals surface area contributed by atoms with Crippen molar-refractivity contribution in [3.8, 4) is 0 Å². The summed E-state index contributed by atoms with van der Waals surface area (Å²) in [5.41, 5.74) is 1.86. The van der Waals surface area contributed by atoms with Crippen LogP contribution in [0.3, 0.4) is 0 Å². The van der Waals surface area contributed by atoms with Crippen LogP contribution in [0.5, 0.6) is 0 Å². The first kappa shape index (κ1) is 15.3. The number of furan rings is 1. The molecule has 3 rings (SSSR count). The van der Waals surface area contributed by atoms with Gasteiger partial charge in [-0.3, -0.25) is 4.79 Å². The number of aliphatic hydroxyl groups excluding tert-OH is 1. The van der Waals surface area contributed by atoms with Crippen molar-refractivity contribution in [2.24, 2.45) is 0 Å². The summed E-state index contributed by atoms with van der Waals surface area (Å²) in [6, 6.07) is 19.3. The lowest BCUT2D eigenvalue weighted by Gasteiger charge is -2.20. The molecule has 1 N–H and O–H groups in total. The number of rotatable bonds is 6. The summed E-state index contributed by atoms with van der Waals surface area (Å²) in [5, 5.41) is 10.2. The van der Waals surface area contributed by atoms with Gasteiger partial charge in [0, 0.05) is 18.5 Å². The highest BCUT2D eigenvalue weighted by Gasteiger charge is 2.19. The third-order valence-electron chi connectivity index (χ3n) is 3.81. The molecular formula is C19H19NO3. The molecule has 0 aliphatic heterocycles. The zero-order valence-electron chi connectivity index (χ0n) is 12.8. The Bertz CT molecular complexity index is 746. The van der Waals surface area contributed by atoms with Crippen molar-refractivity contribution in [2.75, 3.05) is 19.7 Å². The molecule has 0 unspecified atom stereocenters. The number of nitrogens with zero attached hydrogens (tertiary/aromatic N) is 1. The Balaban J connectivity index is 1.75. The second-order valence-electron chi connectivity index (χ2n) is 5.40. The molecule has 0 spiro atoms. The van der Waals surface area contributed by atoms with E-state index in [1.54, 1.807) is 11.0 Å². The fourth-order valence-electron chi connectivity index (χ4n) is 2.59. The molecule has 118 valence electrons. The second kappa shape index (κ2) is 7.11. The maximum atomic E-state index is 12.6. The van der Waals surface area contributed by atoms with Gasteiger partial charge in [-0.25, -0.2) is 0 Å². The number of hydrogen-bond donors (Lipinski definition) is 1. The molecule has 3 aromatic rings. The summed E-state index contributed by atoms with van der Waals surface area (Å²) in [5.74, 6) is 0.124. The van der Waals surface area contributed by atoms with Gasteiger partial charge in [-0.2, -0.15) is 0 Å². The Hall–Kier alpha value is -2.59. The molecule has 0 aliphatic rings. The van der Waals surface area contributed by atoms with E-state index in [4.69, 9.17) is 4.42 Å². The van der Waals surface area contributed by atoms with Crippen LogP contribution in [0.25, 0.3) is 11.0 Å². The van der Waals surface area contributed by atoms with Gasteiger partial charge in [0.2, 0.25) is 0 Å². The normalized spacial score (nSPS) is 10.8. The second-order valence-corrected chi connectivity index (χ2v) is 5.40. The molecule has 0 bridgehead atoms. The molecule has 1 aromatic heterocycles. The minimum atomic E-state index is -0.189. The van der Waals surface area contributed by atoms with E-state index in [-0.39, 0.29) is 12.5 Å². The van der Waals surface area contributed by atoms with Gasteiger partial charge in [0.25, 0.3) is 5.91 Å². The summed E-state index contributed by atoms with van der Waals surface area (Å²) >= 11 is 0. The van der Waals surface area contributed by atoms with Crippen molar-refractivity contribution in [3.63, 3.8) is 0 Å². The van der Waals surface area contributed by atoms with Gasteiger partial charge >= 0.3 is 0 Å². The fraction of sp³-hybridized carbons (Fsp3) is 0.211. The Labute approximate surface area is 135 Å². The predicted octanol–water partition coefficient (Wildman–Crippen LogP) is 3.11. The van der Waals surface area contributed by atoms with Crippen LogP contribution in [-0.2, 0) is 6.42 Å². The van der Waals surface area contributed by atoms with Gasteiger partial charge in [0.1, 0.15) is 5.58 Å². The highest BCUT2D eigenvalue weighted by atomic mass is 16.3. The number of benzene rings is 2. The largest absolute Gasteiger partial charge is 0.451 e. The lowest BCUT2D eigenvalue weighted by atomic mass is 10.1. The van der Waals surface area contributed by atoms with E-state index >= 15 is 0 Å². The van der Waals surface area contributed by atoms with Crippen molar-refractivity contribution in [1.29, 1.82) is 0 Å². The molecule has 23 heavy (non-hydrogen) atoms. The van der Waals surface area contributed by atoms with E-state index in [1.165, 1.54) is 0 Å². The molecule has 0 radical (unpaired) electrons. The first-order valence-electron chi connectivity index (χ1n) is 7.70. The number of amides is 1. The summed E-state index contributed by atoms with van der Waals surface area (Å²) in [7, 11) is 0. The van der Waals surface area contributed by atoms with Gasteiger partial charge in [0.15, 0.2) is 5.76 Å². The highest BCUT2D eigenvalue weighted by molar-refractivity contribution is 5.96. The molecule has 0 saturated carbocycles. The number of para-hydroxylation sites is 1. The van der Waals surface area contributed by atoms with Gasteiger partial charge in [-0.05, 0) is 24.1 Å². The number of hydrogen-bond acceptors (Lipinski definition) is 3. The maximum Gasteiger partial charge on any atom is 0.289 e. The highest BCUT2D eigenvalue weighted by Crippen LogP contribution is 2.20. The Morgan fingerprint density at radius 1 is 1.00 bits per heavy atom. The van der Waals surface area contributed by atoms with Gasteiger partial charge in [-0.1, -0.05) is 48.5 Å². The first-order chi connectivity index (χ1) is 11.3. The zero-order valence-corrected chi connectivity index (χ0v) is 12.8. The predicted molar refractivity (Wildman–Crippen MR) is 89.3 cm³/mol. The standard InChI is InChI=1S/C19H19NO3/c21-13-12-20(11-10-15-6-2-1-3-7-15)19(22)18-14-16-8-4-5-9-17(16)23-18/h1-9,14,21H,10-13H2. The molecular weight excluding hydrogens is 290 g/mol. The van der Waals surface area contributed by atoms with Crippen LogP contribution < -0.4 is 0 Å². The first-order valence-corrected chi connectivity index (χ1v) is 7.70. The van der Waals surface area contributed by atoms with Crippen LogP contribution in [0.15, 0.2) is 65.1 Å². The Morgan fingerprint density at radius 3 is 2.48 bits per heavy atom. The topological polar surface area (TPSA) is 53.7 Å². The summed E-state index contributed by atoms with van der Waals surface area (Å²) in [6.45, 7) is 0.768. The Kier molecular flexibility index (Phi) is 4.74. The Morgan fingerprint density at radius 2 is 1.74 bits per heavy atom. The average Bonchev–Trinajstić information content (AvgIpc) is 3.03. The van der Waals surface area contributed by atoms with Crippen LogP contribution in [0.1, 0.15) is 16.1 Å². The van der Waals surface area contributed by atoms with Crippen LogP contribution in [0, 0.1) is 0 Å². The smallest absolute Gasteiger partial charge is 0.289 e. The third-order valence-corrected chi connectivity index (χ3v) is 3.81. The van der Waals surface area contributed by atoms with Crippen molar-refractivity contribution in [3.05, 3.63) is 72.0 Å². The maximum absolute atomic E-state index is 12.6. The van der Waals surface area contributed by atoms with Crippen LogP contribution in [-0.4, -0.2) is 35.6 Å². The molecule has 2 aromatic carbocycles. The molecule has 0 fully saturated rings. The average molecular weight is 309 g/mol. The van der Waals surface area contributed by atoms with Crippen LogP contribution in [0.4, 0.5) is 0 Å². The van der Waals surface area contributed by atoms with E-state index in [0.717, 1.165) is 17.4 Å². The number of aliphatic hydroxyl groups is 1. The molecule has 0 atom stereocenters. The van der Waals surface area contributed by atoms with Crippen molar-refractivity contribution in [1.82, 2.24) is 4.90 Å². The lowest BCUT2D eigenvalue weighted by molar-refractivity contribution is 0.0694. The van der Waals surface area contributed by atoms with E-state index in [2.05, 4.69) is 0 Å². The van der Waals surface area contributed by atoms with Crippen molar-refractivity contribution < 1.29 is 14.3 Å². The lowest BCUT2D eigenvalue weighted by Crippen LogP contribution is -2.35. The number of fused-ring (bicyclic) bond motifs is 1. The minimum Gasteiger partial charge on any atom is -0.451 e. The van der Waals surface area contributed by atoms with Crippen LogP contribution >= 0.6 is 0 Å². The van der Waals surface area contributed by atoms with Gasteiger partial charge in [-0.15, -0.1) is 0 Å². The van der Waals surface area contributed by atoms with Gasteiger partial charge in [0.05, 0.1) is 6.61 Å². The van der Waals surface area contributed by atoms with Crippen molar-refractivity contribution >= 4 is 16.9 Å². The summed E-state index contributed by atoms with van der Waals surface area (Å²) < 4.78 is 5.64.